The number of hydrogen-bond acceptors (Lipinski definition) is 4. The van der Waals surface area contributed by atoms with Gasteiger partial charge in [-0.3, -0.25) is 0 Å². The van der Waals surface area contributed by atoms with Crippen molar-refractivity contribution >= 4 is 28.4 Å². The molecule has 0 aliphatic heterocycles. The lowest BCUT2D eigenvalue weighted by atomic mass is 10.3. The van der Waals surface area contributed by atoms with Gasteiger partial charge in [-0.15, -0.1) is 0 Å². The molecule has 4 nitrogen and oxygen atoms in total. The highest BCUT2D eigenvalue weighted by Crippen LogP contribution is 2.28. The Labute approximate surface area is 121 Å². The Kier molecular flexibility index (Phi) is 3.24. The molecule has 102 valence electrons. The molecule has 1 unspecified atom stereocenters. The summed E-state index contributed by atoms with van der Waals surface area (Å²) in [5, 5.41) is 0.622. The van der Waals surface area contributed by atoms with Crippen LogP contribution < -0.4 is 10.5 Å². The first-order valence-electron chi connectivity index (χ1n) is 6.20. The number of rotatable bonds is 3. The second-order valence-corrected chi connectivity index (χ2v) is 4.90. The number of ether oxygens (including phenoxy) is 1. The number of aromatic nitrogens is 1. The fourth-order valence-corrected chi connectivity index (χ4v) is 2.14. The minimum atomic E-state index is -0.333. The zero-order chi connectivity index (χ0) is 14.1. The van der Waals surface area contributed by atoms with E-state index in [0.29, 0.717) is 33.4 Å². The van der Waals surface area contributed by atoms with Crippen molar-refractivity contribution in [3.05, 3.63) is 53.4 Å². The number of nitrogen functional groups attached to an aromatic ring is 1. The number of hydrogen-bond donors (Lipinski definition) is 1. The number of oxazole rings is 1. The summed E-state index contributed by atoms with van der Waals surface area (Å²) >= 11 is 5.92. The average Bonchev–Trinajstić information content (AvgIpc) is 2.84. The maximum atomic E-state index is 5.92. The summed E-state index contributed by atoms with van der Waals surface area (Å²) in [6.45, 7) is 1.86. The number of halogens is 1. The van der Waals surface area contributed by atoms with Crippen LogP contribution in [-0.4, -0.2) is 4.98 Å². The van der Waals surface area contributed by atoms with Crippen molar-refractivity contribution in [2.75, 3.05) is 5.73 Å². The summed E-state index contributed by atoms with van der Waals surface area (Å²) in [7, 11) is 0. The van der Waals surface area contributed by atoms with Gasteiger partial charge < -0.3 is 14.9 Å². The van der Waals surface area contributed by atoms with Crippen molar-refractivity contribution in [3.8, 4) is 5.75 Å². The highest BCUT2D eigenvalue weighted by atomic mass is 35.5. The Morgan fingerprint density at radius 3 is 2.80 bits per heavy atom. The van der Waals surface area contributed by atoms with Gasteiger partial charge in [0, 0.05) is 5.02 Å². The molecule has 0 saturated heterocycles. The molecule has 2 aromatic carbocycles. The van der Waals surface area contributed by atoms with Crippen LogP contribution in [0.2, 0.25) is 5.02 Å². The molecule has 0 radical (unpaired) electrons. The van der Waals surface area contributed by atoms with Gasteiger partial charge in [-0.1, -0.05) is 23.7 Å². The summed E-state index contributed by atoms with van der Waals surface area (Å²) in [6, 6.07) is 12.6. The Balaban J connectivity index is 1.89. The van der Waals surface area contributed by atoms with E-state index in [-0.39, 0.29) is 6.10 Å². The predicted molar refractivity (Wildman–Crippen MR) is 78.9 cm³/mol. The molecule has 5 heteroatoms. The average molecular weight is 289 g/mol. The molecule has 20 heavy (non-hydrogen) atoms. The smallest absolute Gasteiger partial charge is 0.236 e. The lowest BCUT2D eigenvalue weighted by molar-refractivity contribution is 0.192. The molecule has 2 N–H and O–H groups in total. The molecule has 0 aliphatic rings. The third kappa shape index (κ3) is 2.42. The van der Waals surface area contributed by atoms with Crippen LogP contribution in [-0.2, 0) is 0 Å². The molecule has 3 rings (SSSR count). The van der Waals surface area contributed by atoms with E-state index < -0.39 is 0 Å². The van der Waals surface area contributed by atoms with Crippen molar-refractivity contribution in [1.29, 1.82) is 0 Å². The van der Waals surface area contributed by atoms with Gasteiger partial charge in [0.25, 0.3) is 0 Å². The number of anilines is 1. The van der Waals surface area contributed by atoms with Gasteiger partial charge in [-0.25, -0.2) is 4.98 Å². The van der Waals surface area contributed by atoms with Crippen LogP contribution in [0.25, 0.3) is 11.1 Å². The summed E-state index contributed by atoms with van der Waals surface area (Å²) in [5.41, 5.74) is 7.76. The molecule has 1 atom stereocenters. The van der Waals surface area contributed by atoms with Gasteiger partial charge in [0.15, 0.2) is 11.7 Å². The Morgan fingerprint density at radius 2 is 2.05 bits per heavy atom. The first kappa shape index (κ1) is 12.8. The number of benzene rings is 2. The molecule has 0 amide bonds. The monoisotopic (exact) mass is 288 g/mol. The lowest BCUT2D eigenvalue weighted by Gasteiger charge is -2.11. The number of nitrogens with two attached hydrogens (primary N) is 1. The minimum Gasteiger partial charge on any atom is -0.481 e. The molecule has 3 aromatic rings. The molecule has 1 heterocycles. The Bertz CT molecular complexity index is 754. The maximum absolute atomic E-state index is 5.92. The third-order valence-electron chi connectivity index (χ3n) is 2.92. The van der Waals surface area contributed by atoms with E-state index in [2.05, 4.69) is 4.98 Å². The highest BCUT2D eigenvalue weighted by Gasteiger charge is 2.16. The number of fused-ring (bicyclic) bond motifs is 1. The van der Waals surface area contributed by atoms with Gasteiger partial charge in [0.05, 0.1) is 5.69 Å². The van der Waals surface area contributed by atoms with Crippen LogP contribution in [0.5, 0.6) is 5.75 Å². The van der Waals surface area contributed by atoms with Gasteiger partial charge in [-0.2, -0.15) is 0 Å². The standard InChI is InChI=1S/C15H13ClN2O2/c1-9(19-11-5-2-4-10(16)8-11)15-18-14-12(17)6-3-7-13(14)20-15/h2-9H,17H2,1H3. The van der Waals surface area contributed by atoms with Crippen LogP contribution in [0.4, 0.5) is 5.69 Å². The van der Waals surface area contributed by atoms with Crippen molar-refractivity contribution in [1.82, 2.24) is 4.98 Å². The molecule has 0 bridgehead atoms. The zero-order valence-corrected chi connectivity index (χ0v) is 11.6. The normalized spacial score (nSPS) is 12.5. The second-order valence-electron chi connectivity index (χ2n) is 4.46. The SMILES string of the molecule is CC(Oc1cccc(Cl)c1)c1nc2c(N)cccc2o1. The van der Waals surface area contributed by atoms with Crippen molar-refractivity contribution < 1.29 is 9.15 Å². The van der Waals surface area contributed by atoms with E-state index >= 15 is 0 Å². The van der Waals surface area contributed by atoms with E-state index in [9.17, 15) is 0 Å². The Hall–Kier alpha value is -2.20. The third-order valence-corrected chi connectivity index (χ3v) is 3.16. The van der Waals surface area contributed by atoms with Crippen LogP contribution >= 0.6 is 11.6 Å². The largest absolute Gasteiger partial charge is 0.481 e. The first-order valence-corrected chi connectivity index (χ1v) is 6.58. The predicted octanol–water partition coefficient (Wildman–Crippen LogP) is 4.20. The van der Waals surface area contributed by atoms with E-state index in [1.54, 1.807) is 18.2 Å². The summed E-state index contributed by atoms with van der Waals surface area (Å²) < 4.78 is 11.4. The fourth-order valence-electron chi connectivity index (χ4n) is 1.96. The van der Waals surface area contributed by atoms with E-state index in [1.807, 2.05) is 31.2 Å². The molecular weight excluding hydrogens is 276 g/mol. The first-order chi connectivity index (χ1) is 9.63. The second kappa shape index (κ2) is 5.06. The van der Waals surface area contributed by atoms with Crippen LogP contribution in [0.1, 0.15) is 18.9 Å². The summed E-state index contributed by atoms with van der Waals surface area (Å²) in [4.78, 5) is 4.38. The van der Waals surface area contributed by atoms with Crippen molar-refractivity contribution in [2.45, 2.75) is 13.0 Å². The van der Waals surface area contributed by atoms with Gasteiger partial charge in [0.2, 0.25) is 5.89 Å². The molecule has 0 saturated carbocycles. The molecule has 1 aromatic heterocycles. The number of para-hydroxylation sites is 1. The maximum Gasteiger partial charge on any atom is 0.236 e. The van der Waals surface area contributed by atoms with E-state index in [4.69, 9.17) is 26.5 Å². The Morgan fingerprint density at radius 1 is 1.25 bits per heavy atom. The molecule has 0 spiro atoms. The lowest BCUT2D eigenvalue weighted by Crippen LogP contribution is -2.03. The van der Waals surface area contributed by atoms with Crippen molar-refractivity contribution in [3.63, 3.8) is 0 Å². The van der Waals surface area contributed by atoms with Gasteiger partial charge in [0.1, 0.15) is 11.3 Å². The molecule has 0 fully saturated rings. The topological polar surface area (TPSA) is 61.3 Å². The van der Waals surface area contributed by atoms with Crippen LogP contribution in [0.15, 0.2) is 46.9 Å². The molecular formula is C15H13ClN2O2. The summed E-state index contributed by atoms with van der Waals surface area (Å²) in [5.74, 6) is 1.15. The van der Waals surface area contributed by atoms with Crippen LogP contribution in [0.3, 0.4) is 0 Å². The van der Waals surface area contributed by atoms with E-state index in [1.165, 1.54) is 0 Å². The highest BCUT2D eigenvalue weighted by molar-refractivity contribution is 6.30. The fraction of sp³-hybridized carbons (Fsp3) is 0.133. The zero-order valence-electron chi connectivity index (χ0n) is 10.8. The van der Waals surface area contributed by atoms with Crippen molar-refractivity contribution in [2.24, 2.45) is 0 Å². The summed E-state index contributed by atoms with van der Waals surface area (Å²) in [6.07, 6.45) is -0.333. The van der Waals surface area contributed by atoms with Crippen LogP contribution in [0, 0.1) is 0 Å². The molecule has 0 aliphatic carbocycles. The van der Waals surface area contributed by atoms with Gasteiger partial charge in [-0.05, 0) is 37.3 Å². The number of nitrogens with zero attached hydrogens (tertiary/aromatic N) is 1. The quantitative estimate of drug-likeness (QED) is 0.734. The van der Waals surface area contributed by atoms with Gasteiger partial charge >= 0.3 is 0 Å². The minimum absolute atomic E-state index is 0.333. The van der Waals surface area contributed by atoms with E-state index in [0.717, 1.165) is 0 Å².